The Hall–Kier alpha value is -2.55. The lowest BCUT2D eigenvalue weighted by atomic mass is 9.93. The van der Waals surface area contributed by atoms with Gasteiger partial charge in [-0.05, 0) is 29.3 Å². The summed E-state index contributed by atoms with van der Waals surface area (Å²) in [6.07, 6.45) is 4.04. The molecule has 2 N–H and O–H groups in total. The topological polar surface area (TPSA) is 49.3 Å². The number of hydrogen-bond acceptors (Lipinski definition) is 2. The molecule has 1 aliphatic rings. The highest BCUT2D eigenvalue weighted by atomic mass is 16.3. The number of allylic oxidation sites excluding steroid dienone is 1. The zero-order valence-corrected chi connectivity index (χ0v) is 11.1. The SMILES string of the molecule is CC(=O)Nc1ccc(C2C=Cc3c(O)cccc32)cc1. The van der Waals surface area contributed by atoms with E-state index in [0.29, 0.717) is 5.75 Å². The summed E-state index contributed by atoms with van der Waals surface area (Å²) in [5.74, 6) is 0.397. The fourth-order valence-corrected chi connectivity index (χ4v) is 2.59. The summed E-state index contributed by atoms with van der Waals surface area (Å²) < 4.78 is 0. The summed E-state index contributed by atoms with van der Waals surface area (Å²) in [6.45, 7) is 1.49. The van der Waals surface area contributed by atoms with Crippen LogP contribution in [-0.2, 0) is 4.79 Å². The summed E-state index contributed by atoms with van der Waals surface area (Å²) in [6, 6.07) is 13.4. The van der Waals surface area contributed by atoms with Gasteiger partial charge in [-0.1, -0.05) is 36.4 Å². The first-order valence-electron chi connectivity index (χ1n) is 6.53. The number of fused-ring (bicyclic) bond motifs is 1. The molecular formula is C17H15NO2. The Morgan fingerprint density at radius 1 is 1.15 bits per heavy atom. The monoisotopic (exact) mass is 265 g/mol. The van der Waals surface area contributed by atoms with Crippen molar-refractivity contribution in [3.8, 4) is 5.75 Å². The molecule has 2 aromatic rings. The van der Waals surface area contributed by atoms with Gasteiger partial charge in [-0.2, -0.15) is 0 Å². The standard InChI is InChI=1S/C17H15NO2/c1-11(19)18-13-7-5-12(6-8-13)14-9-10-16-15(14)3-2-4-17(16)20/h2-10,14,20H,1H3,(H,18,19). The van der Waals surface area contributed by atoms with Gasteiger partial charge in [-0.15, -0.1) is 0 Å². The highest BCUT2D eigenvalue weighted by Crippen LogP contribution is 2.39. The molecule has 1 unspecified atom stereocenters. The van der Waals surface area contributed by atoms with Crippen LogP contribution in [0.25, 0.3) is 6.08 Å². The molecule has 0 radical (unpaired) electrons. The molecule has 20 heavy (non-hydrogen) atoms. The molecule has 3 nitrogen and oxygen atoms in total. The number of anilines is 1. The average molecular weight is 265 g/mol. The van der Waals surface area contributed by atoms with Gasteiger partial charge in [0.15, 0.2) is 0 Å². The lowest BCUT2D eigenvalue weighted by molar-refractivity contribution is -0.114. The van der Waals surface area contributed by atoms with E-state index >= 15 is 0 Å². The van der Waals surface area contributed by atoms with Crippen molar-refractivity contribution in [1.82, 2.24) is 0 Å². The minimum absolute atomic E-state index is 0.0752. The van der Waals surface area contributed by atoms with Crippen LogP contribution in [0.5, 0.6) is 5.75 Å². The number of phenols is 1. The van der Waals surface area contributed by atoms with Crippen LogP contribution in [-0.4, -0.2) is 11.0 Å². The van der Waals surface area contributed by atoms with E-state index in [1.54, 1.807) is 6.07 Å². The van der Waals surface area contributed by atoms with Gasteiger partial charge in [0.2, 0.25) is 5.91 Å². The normalized spacial score (nSPS) is 15.9. The van der Waals surface area contributed by atoms with Crippen molar-refractivity contribution in [2.75, 3.05) is 5.32 Å². The van der Waals surface area contributed by atoms with E-state index in [4.69, 9.17) is 0 Å². The summed E-state index contributed by atoms with van der Waals surface area (Å²) in [5.41, 5.74) is 3.93. The molecule has 3 rings (SSSR count). The lowest BCUT2D eigenvalue weighted by Crippen LogP contribution is -2.05. The molecule has 0 aromatic heterocycles. The molecule has 0 heterocycles. The van der Waals surface area contributed by atoms with Gasteiger partial charge in [0, 0.05) is 24.1 Å². The minimum Gasteiger partial charge on any atom is -0.507 e. The number of nitrogens with one attached hydrogen (secondary N) is 1. The lowest BCUT2D eigenvalue weighted by Gasteiger charge is -2.13. The summed E-state index contributed by atoms with van der Waals surface area (Å²) in [7, 11) is 0. The van der Waals surface area contributed by atoms with Gasteiger partial charge in [0.25, 0.3) is 0 Å². The first kappa shape index (κ1) is 12.5. The van der Waals surface area contributed by atoms with Gasteiger partial charge < -0.3 is 10.4 Å². The fourth-order valence-electron chi connectivity index (χ4n) is 2.59. The van der Waals surface area contributed by atoms with Crippen LogP contribution in [0.1, 0.15) is 29.5 Å². The van der Waals surface area contributed by atoms with Crippen LogP contribution in [0.2, 0.25) is 0 Å². The Bertz CT molecular complexity index is 687. The summed E-state index contributed by atoms with van der Waals surface area (Å²) >= 11 is 0. The highest BCUT2D eigenvalue weighted by Gasteiger charge is 2.20. The number of carbonyl (C=O) groups excluding carboxylic acids is 1. The van der Waals surface area contributed by atoms with Crippen molar-refractivity contribution in [3.63, 3.8) is 0 Å². The Morgan fingerprint density at radius 2 is 1.90 bits per heavy atom. The second kappa shape index (κ2) is 4.85. The van der Waals surface area contributed by atoms with Crippen molar-refractivity contribution >= 4 is 17.7 Å². The van der Waals surface area contributed by atoms with Crippen LogP contribution < -0.4 is 5.32 Å². The van der Waals surface area contributed by atoms with Gasteiger partial charge in [-0.25, -0.2) is 0 Å². The van der Waals surface area contributed by atoms with E-state index < -0.39 is 0 Å². The number of rotatable bonds is 2. The van der Waals surface area contributed by atoms with Crippen molar-refractivity contribution < 1.29 is 9.90 Å². The van der Waals surface area contributed by atoms with Crippen LogP contribution in [0.15, 0.2) is 48.5 Å². The molecule has 0 saturated carbocycles. The Kier molecular flexibility index (Phi) is 3.03. The summed E-state index contributed by atoms with van der Waals surface area (Å²) in [4.78, 5) is 11.0. The quantitative estimate of drug-likeness (QED) is 0.873. The Balaban J connectivity index is 1.91. The largest absolute Gasteiger partial charge is 0.507 e. The van der Waals surface area contributed by atoms with Crippen LogP contribution in [0.4, 0.5) is 5.69 Å². The van der Waals surface area contributed by atoms with Crippen molar-refractivity contribution in [2.45, 2.75) is 12.8 Å². The number of hydrogen-bond donors (Lipinski definition) is 2. The number of carbonyl (C=O) groups is 1. The predicted molar refractivity (Wildman–Crippen MR) is 79.7 cm³/mol. The second-order valence-corrected chi connectivity index (χ2v) is 4.92. The van der Waals surface area contributed by atoms with Crippen molar-refractivity contribution in [1.29, 1.82) is 0 Å². The van der Waals surface area contributed by atoms with E-state index in [2.05, 4.69) is 11.4 Å². The van der Waals surface area contributed by atoms with Crippen LogP contribution >= 0.6 is 0 Å². The van der Waals surface area contributed by atoms with E-state index in [1.807, 2.05) is 42.5 Å². The fraction of sp³-hybridized carbons (Fsp3) is 0.118. The van der Waals surface area contributed by atoms with Gasteiger partial charge in [0.1, 0.15) is 5.75 Å². The minimum atomic E-state index is -0.0752. The molecule has 1 aliphatic carbocycles. The molecule has 2 aromatic carbocycles. The Morgan fingerprint density at radius 3 is 2.60 bits per heavy atom. The molecule has 0 saturated heterocycles. The number of amides is 1. The van der Waals surface area contributed by atoms with Gasteiger partial charge in [-0.3, -0.25) is 4.79 Å². The molecule has 100 valence electrons. The first-order chi connectivity index (χ1) is 9.65. The first-order valence-corrected chi connectivity index (χ1v) is 6.53. The summed E-state index contributed by atoms with van der Waals surface area (Å²) in [5, 5.41) is 12.6. The van der Waals surface area contributed by atoms with Gasteiger partial charge in [0.05, 0.1) is 0 Å². The van der Waals surface area contributed by atoms with E-state index in [9.17, 15) is 9.90 Å². The Labute approximate surface area is 117 Å². The maximum Gasteiger partial charge on any atom is 0.221 e. The zero-order chi connectivity index (χ0) is 14.1. The third-order valence-electron chi connectivity index (χ3n) is 3.50. The third-order valence-corrected chi connectivity index (χ3v) is 3.50. The average Bonchev–Trinajstić information content (AvgIpc) is 2.84. The molecule has 0 fully saturated rings. The molecule has 0 spiro atoms. The number of benzene rings is 2. The van der Waals surface area contributed by atoms with Crippen LogP contribution in [0.3, 0.4) is 0 Å². The second-order valence-electron chi connectivity index (χ2n) is 4.92. The van der Waals surface area contributed by atoms with E-state index in [0.717, 1.165) is 22.4 Å². The predicted octanol–water partition coefficient (Wildman–Crippen LogP) is 3.51. The molecule has 3 heteroatoms. The molecule has 1 amide bonds. The van der Waals surface area contributed by atoms with E-state index in [-0.39, 0.29) is 11.8 Å². The van der Waals surface area contributed by atoms with Gasteiger partial charge >= 0.3 is 0 Å². The maximum absolute atomic E-state index is 11.0. The third kappa shape index (κ3) is 2.18. The van der Waals surface area contributed by atoms with Crippen molar-refractivity contribution in [3.05, 3.63) is 65.2 Å². The van der Waals surface area contributed by atoms with Crippen molar-refractivity contribution in [2.24, 2.45) is 0 Å². The highest BCUT2D eigenvalue weighted by molar-refractivity contribution is 5.88. The van der Waals surface area contributed by atoms with Crippen LogP contribution in [0, 0.1) is 0 Å². The smallest absolute Gasteiger partial charge is 0.221 e. The zero-order valence-electron chi connectivity index (χ0n) is 11.1. The van der Waals surface area contributed by atoms with E-state index in [1.165, 1.54) is 6.92 Å². The maximum atomic E-state index is 11.0. The number of aromatic hydroxyl groups is 1. The number of phenolic OH excluding ortho intramolecular Hbond substituents is 1. The molecule has 1 atom stereocenters. The molecule has 0 bridgehead atoms. The molecular weight excluding hydrogens is 250 g/mol. The molecule has 0 aliphatic heterocycles.